The zero-order valence-electron chi connectivity index (χ0n) is 19.3. The maximum absolute atomic E-state index is 11.5. The summed E-state index contributed by atoms with van der Waals surface area (Å²) < 4.78 is 0. The molecule has 0 aromatic heterocycles. The fourth-order valence-electron chi connectivity index (χ4n) is 9.65. The fourth-order valence-corrected chi connectivity index (χ4v) is 9.65. The van der Waals surface area contributed by atoms with E-state index >= 15 is 0 Å². The Labute approximate surface area is 184 Å². The maximum Gasteiger partial charge on any atom is 0.0757 e. The van der Waals surface area contributed by atoms with Crippen LogP contribution in [0.25, 0.3) is 0 Å². The van der Waals surface area contributed by atoms with Crippen LogP contribution in [0, 0.1) is 40.4 Å². The zero-order valence-corrected chi connectivity index (χ0v) is 19.3. The first-order valence-electron chi connectivity index (χ1n) is 13.3. The monoisotopic (exact) mass is 406 g/mol. The second-order valence-electron chi connectivity index (χ2n) is 12.3. The van der Waals surface area contributed by atoms with Crippen LogP contribution in [0.5, 0.6) is 0 Å². The first-order valence-corrected chi connectivity index (χ1v) is 13.3. The Bertz CT molecular complexity index is 801. The van der Waals surface area contributed by atoms with Gasteiger partial charge in [-0.1, -0.05) is 48.8 Å². The van der Waals surface area contributed by atoms with Crippen LogP contribution in [-0.2, 0) is 0 Å². The van der Waals surface area contributed by atoms with Crippen LogP contribution in [0.2, 0.25) is 0 Å². The van der Waals surface area contributed by atoms with E-state index < -0.39 is 0 Å². The molecule has 3 fully saturated rings. The van der Waals surface area contributed by atoms with Crippen LogP contribution in [0.4, 0.5) is 0 Å². The molecule has 0 aromatic rings. The van der Waals surface area contributed by atoms with Gasteiger partial charge in [-0.25, -0.2) is 0 Å². The van der Waals surface area contributed by atoms with Crippen molar-refractivity contribution in [1.82, 2.24) is 0 Å². The topological polar surface area (TPSA) is 20.2 Å². The molecule has 6 aliphatic carbocycles. The van der Waals surface area contributed by atoms with E-state index in [9.17, 15) is 5.11 Å². The number of allylic oxidation sites excluding steroid dienone is 5. The second-order valence-corrected chi connectivity index (χ2v) is 12.3. The van der Waals surface area contributed by atoms with Crippen molar-refractivity contribution in [2.45, 2.75) is 103 Å². The van der Waals surface area contributed by atoms with Gasteiger partial charge < -0.3 is 5.11 Å². The van der Waals surface area contributed by atoms with Gasteiger partial charge in [0.05, 0.1) is 6.10 Å². The molecule has 1 heteroatoms. The van der Waals surface area contributed by atoms with Crippen molar-refractivity contribution in [3.05, 3.63) is 34.9 Å². The molecule has 6 rings (SSSR count). The van der Waals surface area contributed by atoms with Crippen molar-refractivity contribution >= 4 is 0 Å². The smallest absolute Gasteiger partial charge is 0.0757 e. The van der Waals surface area contributed by atoms with E-state index in [4.69, 9.17) is 0 Å². The summed E-state index contributed by atoms with van der Waals surface area (Å²) in [6, 6.07) is 0. The molecule has 0 aromatic carbocycles. The van der Waals surface area contributed by atoms with Crippen molar-refractivity contribution in [3.63, 3.8) is 0 Å². The highest BCUT2D eigenvalue weighted by Crippen LogP contribution is 2.68. The lowest BCUT2D eigenvalue weighted by atomic mass is 9.46. The highest BCUT2D eigenvalue weighted by Gasteiger charge is 2.61. The number of rotatable bonds is 2. The maximum atomic E-state index is 11.5. The van der Waals surface area contributed by atoms with E-state index in [2.05, 4.69) is 32.1 Å². The van der Waals surface area contributed by atoms with Gasteiger partial charge in [0.25, 0.3) is 0 Å². The average molecular weight is 407 g/mol. The number of hydrogen-bond donors (Lipinski definition) is 1. The van der Waals surface area contributed by atoms with Crippen LogP contribution in [0.3, 0.4) is 0 Å². The third-order valence-corrected chi connectivity index (χ3v) is 11.3. The number of fused-ring (bicyclic) bond motifs is 5. The van der Waals surface area contributed by atoms with Gasteiger partial charge in [-0.2, -0.15) is 0 Å². The Morgan fingerprint density at radius 1 is 0.867 bits per heavy atom. The Hall–Kier alpha value is -0.820. The predicted molar refractivity (Wildman–Crippen MR) is 124 cm³/mol. The van der Waals surface area contributed by atoms with Crippen LogP contribution >= 0.6 is 0 Å². The van der Waals surface area contributed by atoms with Crippen molar-refractivity contribution in [2.24, 2.45) is 40.4 Å². The molecule has 0 spiro atoms. The number of hydrogen-bond acceptors (Lipinski definition) is 1. The lowest BCUT2D eigenvalue weighted by Gasteiger charge is -2.59. The Morgan fingerprint density at radius 3 is 2.37 bits per heavy atom. The minimum atomic E-state index is -0.199. The minimum absolute atomic E-state index is 0.199. The van der Waals surface area contributed by atoms with E-state index in [1.165, 1.54) is 83.5 Å². The molecule has 0 saturated heterocycles. The SMILES string of the molecule is C[C@]12CC[C@H](C3=CCCC3)CC1=C[C@@H](O)C1C2CC[C@@]2(C)C1CC[C@@H]2C1=CCCC1. The standard InChI is InChI=1S/C29H42O/c1-28-15-13-21(19-7-3-4-8-19)17-22(28)18-26(30)27-24-12-11-23(20-9-5-6-10-20)29(24,2)16-14-25(27)28/h7,9,18,21,23-27,30H,3-6,8,10-17H2,1-2H3/t21-,23+,24?,25?,26+,27?,28-,29+/m0/s1. The van der Waals surface area contributed by atoms with Gasteiger partial charge in [0.15, 0.2) is 0 Å². The number of aliphatic hydroxyl groups excluding tert-OH is 1. The van der Waals surface area contributed by atoms with Crippen molar-refractivity contribution in [3.8, 4) is 0 Å². The minimum Gasteiger partial charge on any atom is -0.389 e. The lowest BCUT2D eigenvalue weighted by molar-refractivity contribution is -0.0854. The average Bonchev–Trinajstić information content (AvgIpc) is 3.48. The third kappa shape index (κ3) is 2.76. The third-order valence-electron chi connectivity index (χ3n) is 11.3. The van der Waals surface area contributed by atoms with Gasteiger partial charge >= 0.3 is 0 Å². The largest absolute Gasteiger partial charge is 0.389 e. The van der Waals surface area contributed by atoms with Gasteiger partial charge in [0.2, 0.25) is 0 Å². The summed E-state index contributed by atoms with van der Waals surface area (Å²) >= 11 is 0. The molecular formula is C29H42O. The summed E-state index contributed by atoms with van der Waals surface area (Å²) in [5, 5.41) is 11.5. The Balaban J connectivity index is 1.30. The summed E-state index contributed by atoms with van der Waals surface area (Å²) in [4.78, 5) is 0. The molecule has 6 aliphatic rings. The van der Waals surface area contributed by atoms with Crippen LogP contribution in [0.15, 0.2) is 34.9 Å². The summed E-state index contributed by atoms with van der Waals surface area (Å²) in [7, 11) is 0. The molecule has 1 nitrogen and oxygen atoms in total. The lowest BCUT2D eigenvalue weighted by Crippen LogP contribution is -2.54. The van der Waals surface area contributed by atoms with Crippen molar-refractivity contribution in [2.75, 3.05) is 0 Å². The molecule has 0 heterocycles. The Kier molecular flexibility index (Phi) is 4.69. The highest BCUT2D eigenvalue weighted by molar-refractivity contribution is 5.31. The van der Waals surface area contributed by atoms with E-state index in [1.54, 1.807) is 16.7 Å². The van der Waals surface area contributed by atoms with Gasteiger partial charge in [0.1, 0.15) is 0 Å². The van der Waals surface area contributed by atoms with E-state index in [1.807, 2.05) is 0 Å². The zero-order chi connectivity index (χ0) is 20.5. The summed E-state index contributed by atoms with van der Waals surface area (Å²) in [5.74, 6) is 3.52. The summed E-state index contributed by atoms with van der Waals surface area (Å²) in [6.45, 7) is 5.21. The summed E-state index contributed by atoms with van der Waals surface area (Å²) in [5.41, 5.74) is 5.96. The first kappa shape index (κ1) is 19.8. The molecule has 0 aliphatic heterocycles. The molecule has 0 radical (unpaired) electrons. The van der Waals surface area contributed by atoms with Gasteiger partial charge in [-0.05, 0) is 124 Å². The van der Waals surface area contributed by atoms with E-state index in [0.717, 1.165) is 17.8 Å². The van der Waals surface area contributed by atoms with E-state index in [-0.39, 0.29) is 6.10 Å². The number of aliphatic hydroxyl groups is 1. The molecule has 8 atom stereocenters. The van der Waals surface area contributed by atoms with Gasteiger partial charge in [-0.3, -0.25) is 0 Å². The summed E-state index contributed by atoms with van der Waals surface area (Å²) in [6.07, 6.45) is 24.8. The van der Waals surface area contributed by atoms with Crippen LogP contribution < -0.4 is 0 Å². The molecule has 3 unspecified atom stereocenters. The van der Waals surface area contributed by atoms with Crippen LogP contribution in [-0.4, -0.2) is 11.2 Å². The quantitative estimate of drug-likeness (QED) is 0.474. The molecule has 0 amide bonds. The van der Waals surface area contributed by atoms with Crippen LogP contribution in [0.1, 0.15) is 97.3 Å². The van der Waals surface area contributed by atoms with Crippen molar-refractivity contribution < 1.29 is 5.11 Å². The second kappa shape index (κ2) is 7.09. The first-order chi connectivity index (χ1) is 14.5. The predicted octanol–water partition coefficient (Wildman–Crippen LogP) is 7.37. The normalized spacial score (nSPS) is 50.3. The van der Waals surface area contributed by atoms with E-state index in [0.29, 0.717) is 22.7 Å². The highest BCUT2D eigenvalue weighted by atomic mass is 16.3. The Morgan fingerprint density at radius 2 is 1.63 bits per heavy atom. The van der Waals surface area contributed by atoms with Gasteiger partial charge in [0, 0.05) is 0 Å². The van der Waals surface area contributed by atoms with Gasteiger partial charge in [-0.15, -0.1) is 0 Å². The molecule has 1 N–H and O–H groups in total. The van der Waals surface area contributed by atoms with Crippen molar-refractivity contribution in [1.29, 1.82) is 0 Å². The fraction of sp³-hybridized carbons (Fsp3) is 0.793. The molecular weight excluding hydrogens is 364 g/mol. The molecule has 30 heavy (non-hydrogen) atoms. The molecule has 3 saturated carbocycles. The molecule has 164 valence electrons. The molecule has 0 bridgehead atoms.